The van der Waals surface area contributed by atoms with Crippen molar-refractivity contribution < 1.29 is 0 Å². The van der Waals surface area contributed by atoms with Gasteiger partial charge in [0.1, 0.15) is 4.83 Å². The topological polar surface area (TPSA) is 65.1 Å². The number of rotatable bonds is 4. The number of hydrogen-bond donors (Lipinski definition) is 0. The lowest BCUT2D eigenvalue weighted by molar-refractivity contribution is 0.699. The van der Waals surface area contributed by atoms with Crippen molar-refractivity contribution in [2.24, 2.45) is 0 Å². The van der Waals surface area contributed by atoms with Gasteiger partial charge in [-0.25, -0.2) is 15.0 Å². The van der Waals surface area contributed by atoms with Gasteiger partial charge in [0.15, 0.2) is 5.16 Å². The summed E-state index contributed by atoms with van der Waals surface area (Å²) < 4.78 is 3.67. The van der Waals surface area contributed by atoms with Crippen molar-refractivity contribution in [3.8, 4) is 5.69 Å². The Hall–Kier alpha value is -2.97. The second kappa shape index (κ2) is 7.62. The molecule has 0 unspecified atom stereocenters. The van der Waals surface area contributed by atoms with Crippen LogP contribution in [0.1, 0.15) is 29.0 Å². The van der Waals surface area contributed by atoms with E-state index < -0.39 is 0 Å². The van der Waals surface area contributed by atoms with E-state index in [-0.39, 0.29) is 5.56 Å². The van der Waals surface area contributed by atoms with Gasteiger partial charge in [-0.3, -0.25) is 13.8 Å². The molecule has 0 bridgehead atoms. The first kappa shape index (κ1) is 18.8. The number of para-hydroxylation sites is 1. The maximum absolute atomic E-state index is 13.7. The van der Waals surface area contributed by atoms with Crippen molar-refractivity contribution in [1.29, 1.82) is 0 Å². The van der Waals surface area contributed by atoms with Gasteiger partial charge in [0.25, 0.3) is 5.56 Å². The van der Waals surface area contributed by atoms with E-state index in [2.05, 4.69) is 9.97 Å². The molecular weight excluding hydrogens is 426 g/mol. The van der Waals surface area contributed by atoms with Gasteiger partial charge in [-0.1, -0.05) is 30.0 Å². The van der Waals surface area contributed by atoms with Crippen LogP contribution in [0.5, 0.6) is 0 Å². The lowest BCUT2D eigenvalue weighted by Crippen LogP contribution is -2.22. The van der Waals surface area contributed by atoms with Gasteiger partial charge in [0.05, 0.1) is 16.8 Å². The summed E-state index contributed by atoms with van der Waals surface area (Å²) in [5.74, 6) is 1.28. The Balaban J connectivity index is 1.48. The summed E-state index contributed by atoms with van der Waals surface area (Å²) in [5, 5.41) is 1.51. The van der Waals surface area contributed by atoms with Gasteiger partial charge in [-0.05, 0) is 49.4 Å². The molecule has 8 heteroatoms. The average Bonchev–Trinajstić information content (AvgIpc) is 3.39. The first-order chi connectivity index (χ1) is 15.3. The zero-order valence-electron chi connectivity index (χ0n) is 16.7. The largest absolute Gasteiger partial charge is 0.291 e. The highest BCUT2D eigenvalue weighted by Crippen LogP contribution is 2.35. The van der Waals surface area contributed by atoms with Crippen molar-refractivity contribution in [3.05, 3.63) is 81.5 Å². The number of fused-ring (bicyclic) bond motifs is 4. The third kappa shape index (κ3) is 3.26. The molecule has 1 aliphatic carbocycles. The van der Waals surface area contributed by atoms with Crippen LogP contribution < -0.4 is 5.56 Å². The molecule has 0 saturated carbocycles. The zero-order chi connectivity index (χ0) is 20.8. The highest BCUT2D eigenvalue weighted by Gasteiger charge is 2.23. The van der Waals surface area contributed by atoms with Crippen LogP contribution in [-0.2, 0) is 18.6 Å². The van der Waals surface area contributed by atoms with Crippen LogP contribution in [0.15, 0.2) is 64.9 Å². The van der Waals surface area contributed by atoms with Crippen molar-refractivity contribution in [3.63, 3.8) is 0 Å². The molecule has 0 N–H and O–H groups in total. The normalized spacial score (nSPS) is 13.7. The van der Waals surface area contributed by atoms with E-state index in [9.17, 15) is 4.79 Å². The molecule has 31 heavy (non-hydrogen) atoms. The lowest BCUT2D eigenvalue weighted by atomic mass is 9.97. The Labute approximate surface area is 186 Å². The number of aromatic nitrogens is 5. The van der Waals surface area contributed by atoms with Crippen LogP contribution in [0.4, 0.5) is 0 Å². The Morgan fingerprint density at radius 3 is 2.81 bits per heavy atom. The van der Waals surface area contributed by atoms with Gasteiger partial charge in [-0.2, -0.15) is 0 Å². The fraction of sp³-hybridized carbons (Fsp3) is 0.217. The standard InChI is InChI=1S/C23H19N5OS2/c29-21-19-17-9-4-5-10-18(17)31-20(19)26-23(28(21)16-7-2-1-3-8-16)30-14-15-13-27-12-6-11-24-22(27)25-15/h1-3,6-8,11-13H,4-5,9-10,14H2. The predicted octanol–water partition coefficient (Wildman–Crippen LogP) is 4.66. The highest BCUT2D eigenvalue weighted by atomic mass is 32.2. The van der Waals surface area contributed by atoms with E-state index in [1.54, 1.807) is 33.9 Å². The molecule has 0 saturated heterocycles. The predicted molar refractivity (Wildman–Crippen MR) is 124 cm³/mol. The number of thioether (sulfide) groups is 1. The molecule has 6 nitrogen and oxygen atoms in total. The first-order valence-corrected chi connectivity index (χ1v) is 12.1. The monoisotopic (exact) mass is 445 g/mol. The molecule has 5 aromatic rings. The molecular formula is C23H19N5OS2. The number of aryl methyl sites for hydroxylation is 2. The molecule has 1 aliphatic rings. The van der Waals surface area contributed by atoms with Gasteiger partial charge in [0.2, 0.25) is 5.78 Å². The van der Waals surface area contributed by atoms with Crippen LogP contribution in [0.25, 0.3) is 21.7 Å². The van der Waals surface area contributed by atoms with Gasteiger partial charge in [0, 0.05) is 29.2 Å². The first-order valence-electron chi connectivity index (χ1n) is 10.3. The van der Waals surface area contributed by atoms with E-state index in [0.717, 1.165) is 40.9 Å². The maximum Gasteiger partial charge on any atom is 0.267 e. The minimum absolute atomic E-state index is 0.0368. The summed E-state index contributed by atoms with van der Waals surface area (Å²) in [6, 6.07) is 11.7. The van der Waals surface area contributed by atoms with E-state index in [1.807, 2.05) is 53.2 Å². The van der Waals surface area contributed by atoms with Gasteiger partial charge >= 0.3 is 0 Å². The Morgan fingerprint density at radius 2 is 1.94 bits per heavy atom. The highest BCUT2D eigenvalue weighted by molar-refractivity contribution is 7.98. The van der Waals surface area contributed by atoms with E-state index in [1.165, 1.54) is 16.9 Å². The molecule has 4 heterocycles. The average molecular weight is 446 g/mol. The number of benzene rings is 1. The van der Waals surface area contributed by atoms with E-state index in [4.69, 9.17) is 4.98 Å². The Morgan fingerprint density at radius 1 is 1.06 bits per heavy atom. The summed E-state index contributed by atoms with van der Waals surface area (Å²) in [6.07, 6.45) is 10.0. The van der Waals surface area contributed by atoms with Crippen LogP contribution >= 0.6 is 23.1 Å². The SMILES string of the molecule is O=c1c2c3c(sc2nc(SCc2cn4cccnc4n2)n1-c1ccccc1)CCCC3. The minimum Gasteiger partial charge on any atom is -0.291 e. The van der Waals surface area contributed by atoms with E-state index in [0.29, 0.717) is 16.7 Å². The Bertz CT molecular complexity index is 1440. The molecule has 4 aromatic heterocycles. The molecule has 0 amide bonds. The number of thiophene rings is 1. The van der Waals surface area contributed by atoms with Crippen molar-refractivity contribution in [2.75, 3.05) is 0 Å². The molecule has 0 aliphatic heterocycles. The molecule has 1 aromatic carbocycles. The number of hydrogen-bond acceptors (Lipinski definition) is 6. The molecule has 6 rings (SSSR count). The van der Waals surface area contributed by atoms with Gasteiger partial charge in [-0.15, -0.1) is 11.3 Å². The number of imidazole rings is 1. The lowest BCUT2D eigenvalue weighted by Gasteiger charge is -2.13. The molecule has 0 fully saturated rings. The molecule has 0 radical (unpaired) electrons. The summed E-state index contributed by atoms with van der Waals surface area (Å²) in [6.45, 7) is 0. The fourth-order valence-electron chi connectivity index (χ4n) is 4.18. The van der Waals surface area contributed by atoms with Crippen LogP contribution in [0.2, 0.25) is 0 Å². The maximum atomic E-state index is 13.7. The second-order valence-corrected chi connectivity index (χ2v) is 9.64. The smallest absolute Gasteiger partial charge is 0.267 e. The van der Waals surface area contributed by atoms with Crippen molar-refractivity contribution in [1.82, 2.24) is 23.9 Å². The summed E-state index contributed by atoms with van der Waals surface area (Å²) in [5.41, 5.74) is 3.01. The van der Waals surface area contributed by atoms with E-state index >= 15 is 0 Å². The summed E-state index contributed by atoms with van der Waals surface area (Å²) in [4.78, 5) is 29.8. The second-order valence-electron chi connectivity index (χ2n) is 7.61. The summed E-state index contributed by atoms with van der Waals surface area (Å²) in [7, 11) is 0. The minimum atomic E-state index is 0.0368. The van der Waals surface area contributed by atoms with Gasteiger partial charge < -0.3 is 0 Å². The summed E-state index contributed by atoms with van der Waals surface area (Å²) >= 11 is 3.23. The molecule has 0 spiro atoms. The van der Waals surface area contributed by atoms with Crippen molar-refractivity contribution in [2.45, 2.75) is 36.6 Å². The van der Waals surface area contributed by atoms with Crippen LogP contribution in [0, 0.1) is 0 Å². The van der Waals surface area contributed by atoms with Crippen LogP contribution in [0.3, 0.4) is 0 Å². The number of nitrogens with zero attached hydrogens (tertiary/aromatic N) is 5. The molecule has 154 valence electrons. The molecule has 0 atom stereocenters. The third-order valence-electron chi connectivity index (χ3n) is 5.61. The third-order valence-corrected chi connectivity index (χ3v) is 7.76. The zero-order valence-corrected chi connectivity index (χ0v) is 18.3. The Kier molecular flexibility index (Phi) is 4.61. The van der Waals surface area contributed by atoms with Crippen molar-refractivity contribution >= 4 is 39.1 Å². The fourth-order valence-corrected chi connectivity index (χ4v) is 6.37. The van der Waals surface area contributed by atoms with Crippen LogP contribution in [-0.4, -0.2) is 23.9 Å². The quantitative estimate of drug-likeness (QED) is 0.297.